The average molecular weight is 733 g/mol. The molecule has 238 valence electrons. The average Bonchev–Trinajstić information content (AvgIpc) is 2.96. The second-order valence-electron chi connectivity index (χ2n) is 10.3. The Kier molecular flexibility index (Phi) is 9.79. The van der Waals surface area contributed by atoms with Gasteiger partial charge in [0, 0.05) is 21.2 Å². The van der Waals surface area contributed by atoms with Crippen molar-refractivity contribution >= 4 is 36.9 Å². The van der Waals surface area contributed by atoms with Crippen LogP contribution < -0.4 is 0 Å². The van der Waals surface area contributed by atoms with E-state index in [1.165, 1.54) is 36.4 Å². The maximum atomic E-state index is 14.5. The molecule has 0 saturated heterocycles. The molecular weight excluding hydrogens is 709 g/mol. The molecule has 15 heteroatoms. The fraction of sp³-hybridized carbons (Fsp3) is 0.167. The summed E-state index contributed by atoms with van der Waals surface area (Å²) in [6.45, 7) is 0. The van der Waals surface area contributed by atoms with Crippen LogP contribution in [0, 0.1) is 5.82 Å². The number of ketones is 1. The highest BCUT2D eigenvalue weighted by atomic mass is 79.9. The van der Waals surface area contributed by atoms with Crippen molar-refractivity contribution in [2.75, 3.05) is 0 Å². The first-order chi connectivity index (χ1) is 20.8. The van der Waals surface area contributed by atoms with Gasteiger partial charge in [-0.1, -0.05) is 82.7 Å². The molecule has 1 atom stereocenters. The lowest BCUT2D eigenvalue weighted by Gasteiger charge is -2.34. The molecule has 0 aliphatic carbocycles. The van der Waals surface area contributed by atoms with Crippen molar-refractivity contribution < 1.29 is 55.5 Å². The maximum Gasteiger partial charge on any atom is 0.399 e. The van der Waals surface area contributed by atoms with Gasteiger partial charge in [0.15, 0.2) is 5.78 Å². The highest BCUT2D eigenvalue weighted by Gasteiger charge is 2.52. The van der Waals surface area contributed by atoms with Gasteiger partial charge in [-0.25, -0.2) is 4.39 Å². The second kappa shape index (κ2) is 12.6. The Morgan fingerprint density at radius 1 is 0.667 bits per heavy atom. The predicted molar refractivity (Wildman–Crippen MR) is 159 cm³/mol. The lowest BCUT2D eigenvalue weighted by Crippen LogP contribution is -2.41. The van der Waals surface area contributed by atoms with Crippen molar-refractivity contribution in [1.82, 2.24) is 0 Å². The molecule has 0 radical (unpaired) electrons. The van der Waals surface area contributed by atoms with Crippen molar-refractivity contribution in [2.45, 2.75) is 29.6 Å². The Morgan fingerprint density at radius 3 is 1.69 bits per heavy atom. The summed E-state index contributed by atoms with van der Waals surface area (Å²) < 4.78 is 94.1. The summed E-state index contributed by atoms with van der Waals surface area (Å²) in [5.41, 5.74) is -11.5. The van der Waals surface area contributed by atoms with Crippen molar-refractivity contribution in [2.24, 2.45) is 0 Å². The van der Waals surface area contributed by atoms with Crippen LogP contribution in [0.5, 0.6) is 0 Å². The Bertz CT molecular complexity index is 1790. The summed E-state index contributed by atoms with van der Waals surface area (Å²) in [5.74, 6) is -1.18. The molecule has 0 aliphatic rings. The van der Waals surface area contributed by atoms with Gasteiger partial charge in [0.05, 0.1) is 5.41 Å². The first-order valence-electron chi connectivity index (χ1n) is 12.9. The van der Waals surface area contributed by atoms with Crippen molar-refractivity contribution in [1.29, 1.82) is 0 Å². The van der Waals surface area contributed by atoms with E-state index in [9.17, 15) is 45.7 Å². The topological polar surface area (TPSA) is 132 Å². The number of benzene rings is 4. The number of halogens is 6. The number of alkyl halides is 4. The number of carbonyl (C=O) groups is 1. The van der Waals surface area contributed by atoms with Gasteiger partial charge in [0.1, 0.15) is 5.82 Å². The van der Waals surface area contributed by atoms with Gasteiger partial charge < -0.3 is 19.6 Å². The van der Waals surface area contributed by atoms with E-state index < -0.39 is 54.7 Å². The summed E-state index contributed by atoms with van der Waals surface area (Å²) in [7, 11) is -11.8. The van der Waals surface area contributed by atoms with Gasteiger partial charge >= 0.3 is 26.5 Å². The van der Waals surface area contributed by atoms with Gasteiger partial charge in [-0.15, -0.1) is 0 Å². The van der Waals surface area contributed by atoms with E-state index in [2.05, 4.69) is 15.9 Å². The highest BCUT2D eigenvalue weighted by molar-refractivity contribution is 9.10. The monoisotopic (exact) mass is 732 g/mol. The van der Waals surface area contributed by atoms with Crippen LogP contribution in [0.25, 0.3) is 0 Å². The SMILES string of the molecule is O=C(c1ccc(F)cc1)C(Cc1ccc(C(F)(F)P(=O)(O)O)cc1)(Cc1ccc(C(F)(F)P(=O)(O)O)c(Br)c1)c1ccccc1. The zero-order chi connectivity index (χ0) is 33.4. The molecule has 4 aromatic rings. The molecule has 4 aromatic carbocycles. The molecule has 0 bridgehead atoms. The molecule has 0 aromatic heterocycles. The Labute approximate surface area is 262 Å². The Hall–Kier alpha value is -3.02. The minimum atomic E-state index is -5.90. The van der Waals surface area contributed by atoms with Crippen molar-refractivity contribution in [3.05, 3.63) is 141 Å². The van der Waals surface area contributed by atoms with E-state index in [0.717, 1.165) is 30.3 Å². The molecule has 4 rings (SSSR count). The number of Topliss-reactive ketones (excluding diaryl/α,β-unsaturated/α-hetero) is 1. The first-order valence-corrected chi connectivity index (χ1v) is 16.9. The van der Waals surface area contributed by atoms with Gasteiger partial charge in [0.2, 0.25) is 0 Å². The number of hydrogen-bond acceptors (Lipinski definition) is 3. The zero-order valence-corrected chi connectivity index (χ0v) is 26.2. The summed E-state index contributed by atoms with van der Waals surface area (Å²) in [5, 5.41) is 0. The minimum absolute atomic E-state index is 0.0635. The van der Waals surface area contributed by atoms with E-state index in [0.29, 0.717) is 5.56 Å². The van der Waals surface area contributed by atoms with Crippen molar-refractivity contribution in [3.63, 3.8) is 0 Å². The summed E-state index contributed by atoms with van der Waals surface area (Å²) in [4.78, 5) is 51.0. The van der Waals surface area contributed by atoms with E-state index in [-0.39, 0.29) is 34.0 Å². The Balaban J connectivity index is 1.89. The molecule has 0 aliphatic heterocycles. The van der Waals surface area contributed by atoms with Crippen LogP contribution in [0.1, 0.15) is 38.2 Å². The van der Waals surface area contributed by atoms with E-state index in [1.54, 1.807) is 30.3 Å². The molecule has 1 unspecified atom stereocenters. The lowest BCUT2D eigenvalue weighted by atomic mass is 9.67. The lowest BCUT2D eigenvalue weighted by molar-refractivity contribution is 0.0557. The highest BCUT2D eigenvalue weighted by Crippen LogP contribution is 2.61. The van der Waals surface area contributed by atoms with Crippen LogP contribution in [-0.4, -0.2) is 25.4 Å². The van der Waals surface area contributed by atoms with Crippen LogP contribution in [0.3, 0.4) is 0 Å². The third-order valence-electron chi connectivity index (χ3n) is 7.27. The molecular formula is C30H24BrF5O7P2. The molecule has 0 amide bonds. The number of hydrogen-bond donors (Lipinski definition) is 4. The molecule has 0 heterocycles. The standard InChI is InChI=1S/C30H24BrF5O7P2/c31-26-16-20(8-15-25(26)30(35,36)45(41,42)43)18-28(22-4-2-1-3-5-22,27(37)21-9-13-24(32)14-10-21)17-19-6-11-23(12-7-19)29(33,34)44(38,39)40/h1-16H,17-18H2,(H2,38,39,40)(H2,41,42,43). The quantitative estimate of drug-likeness (QED) is 0.0708. The minimum Gasteiger partial charge on any atom is -0.320 e. The molecule has 0 spiro atoms. The van der Waals surface area contributed by atoms with E-state index in [4.69, 9.17) is 9.79 Å². The fourth-order valence-electron chi connectivity index (χ4n) is 4.95. The smallest absolute Gasteiger partial charge is 0.320 e. The van der Waals surface area contributed by atoms with Gasteiger partial charge in [-0.05, 0) is 59.9 Å². The third kappa shape index (κ3) is 7.05. The van der Waals surface area contributed by atoms with Crippen molar-refractivity contribution in [3.8, 4) is 0 Å². The van der Waals surface area contributed by atoms with Crippen LogP contribution >= 0.6 is 31.1 Å². The number of carbonyl (C=O) groups excluding carboxylic acids is 1. The largest absolute Gasteiger partial charge is 0.399 e. The second-order valence-corrected chi connectivity index (χ2v) is 14.5. The molecule has 7 nitrogen and oxygen atoms in total. The van der Waals surface area contributed by atoms with E-state index >= 15 is 0 Å². The number of rotatable bonds is 11. The van der Waals surface area contributed by atoms with Gasteiger partial charge in [0.25, 0.3) is 0 Å². The van der Waals surface area contributed by atoms with Crippen LogP contribution in [0.2, 0.25) is 0 Å². The fourth-order valence-corrected chi connectivity index (χ4v) is 6.77. The maximum absolute atomic E-state index is 14.5. The normalized spacial score (nSPS) is 14.2. The summed E-state index contributed by atoms with van der Waals surface area (Å²) >= 11 is 2.95. The third-order valence-corrected chi connectivity index (χ3v) is 9.89. The van der Waals surface area contributed by atoms with Crippen LogP contribution in [-0.2, 0) is 38.7 Å². The molecule has 45 heavy (non-hydrogen) atoms. The summed E-state index contributed by atoms with van der Waals surface area (Å²) in [6.07, 6.45) is -0.416. The first kappa shape index (κ1) is 34.8. The van der Waals surface area contributed by atoms with Gasteiger partial charge in [-0.3, -0.25) is 13.9 Å². The van der Waals surface area contributed by atoms with Crippen LogP contribution in [0.15, 0.2) is 102 Å². The molecule has 4 N–H and O–H groups in total. The molecule has 0 saturated carbocycles. The summed E-state index contributed by atoms with van der Waals surface area (Å²) in [6, 6.07) is 19.9. The molecule has 0 fully saturated rings. The van der Waals surface area contributed by atoms with Crippen LogP contribution in [0.4, 0.5) is 22.0 Å². The Morgan fingerprint density at radius 2 is 1.18 bits per heavy atom. The zero-order valence-electron chi connectivity index (χ0n) is 22.8. The van der Waals surface area contributed by atoms with Gasteiger partial charge in [-0.2, -0.15) is 17.6 Å². The predicted octanol–water partition coefficient (Wildman–Crippen LogP) is 7.65. The van der Waals surface area contributed by atoms with E-state index in [1.807, 2.05) is 0 Å².